The molecule has 106 heavy (non-hydrogen) atoms. The van der Waals surface area contributed by atoms with Gasteiger partial charge in [0.15, 0.2) is 12.2 Å². The van der Waals surface area contributed by atoms with Gasteiger partial charge in [-0.2, -0.15) is 0 Å². The van der Waals surface area contributed by atoms with Crippen LogP contribution in [0, 0.1) is 17.8 Å². The smallest absolute Gasteiger partial charge is 0.462 e. The zero-order chi connectivity index (χ0) is 77.9. The minimum absolute atomic E-state index is 0.106. The van der Waals surface area contributed by atoms with E-state index in [1.165, 1.54) is 270 Å². The second-order valence-corrected chi connectivity index (χ2v) is 35.4. The average Bonchev–Trinajstić information content (AvgIpc) is 0.904. The predicted octanol–water partition coefficient (Wildman–Crippen LogP) is 26.5. The highest BCUT2D eigenvalue weighted by atomic mass is 31.2. The number of aliphatic hydroxyl groups is 1. The summed E-state index contributed by atoms with van der Waals surface area (Å²) < 4.78 is 68.9. The summed E-state index contributed by atoms with van der Waals surface area (Å²) >= 11 is 0. The van der Waals surface area contributed by atoms with Gasteiger partial charge in [-0.15, -0.1) is 0 Å². The van der Waals surface area contributed by atoms with Crippen molar-refractivity contribution in [2.24, 2.45) is 17.8 Å². The van der Waals surface area contributed by atoms with Gasteiger partial charge in [-0.05, 0) is 43.4 Å². The van der Waals surface area contributed by atoms with E-state index in [1.54, 1.807) is 0 Å². The summed E-state index contributed by atoms with van der Waals surface area (Å²) in [7, 11) is -9.93. The molecule has 6 atom stereocenters. The Morgan fingerprint density at radius 1 is 0.274 bits per heavy atom. The van der Waals surface area contributed by atoms with Crippen LogP contribution in [0.15, 0.2) is 0 Å². The van der Waals surface area contributed by atoms with E-state index in [0.717, 1.165) is 108 Å². The summed E-state index contributed by atoms with van der Waals surface area (Å²) in [6.45, 7) is 12.0. The molecule has 0 amide bonds. The van der Waals surface area contributed by atoms with Gasteiger partial charge in [0.05, 0.1) is 26.4 Å². The highest BCUT2D eigenvalue weighted by Gasteiger charge is 2.31. The Kier molecular flexibility index (Phi) is 75.6. The Balaban J connectivity index is 5.22. The van der Waals surface area contributed by atoms with Crippen molar-refractivity contribution in [3.05, 3.63) is 0 Å². The van der Waals surface area contributed by atoms with Crippen molar-refractivity contribution >= 4 is 39.5 Å². The molecule has 0 aliphatic rings. The standard InChI is InChI=1S/C87H170O17P2/c1-8-10-11-12-13-14-15-16-17-18-19-20-24-27-30-33-39-47-54-61-68-84(89)97-74-82(103-86(91)70-63-56-49-40-34-31-28-25-22-21-23-26-29-32-38-46-53-60-67-80(7)9-2)76-101-105(93,94)99-72-81(88)73-100-106(95,96)102-77-83(75-98-85(90)69-62-55-48-43-42-45-52-59-66-79(5)6)104-87(92)71-64-57-50-41-36-35-37-44-51-58-65-78(3)4/h78-83,88H,8-77H2,1-7H3,(H,93,94)(H,95,96)/t80?,81-,82-,83-/m1/s1. The van der Waals surface area contributed by atoms with E-state index >= 15 is 0 Å². The van der Waals surface area contributed by atoms with Crippen molar-refractivity contribution in [2.75, 3.05) is 39.6 Å². The summed E-state index contributed by atoms with van der Waals surface area (Å²) in [5, 5.41) is 10.7. The molecule has 0 heterocycles. The summed E-state index contributed by atoms with van der Waals surface area (Å²) in [5.41, 5.74) is 0. The molecule has 0 saturated heterocycles. The highest BCUT2D eigenvalue weighted by Crippen LogP contribution is 2.45. The normalized spacial score (nSPS) is 14.1. The highest BCUT2D eigenvalue weighted by molar-refractivity contribution is 7.47. The second-order valence-electron chi connectivity index (χ2n) is 32.5. The third kappa shape index (κ3) is 78.7. The zero-order valence-corrected chi connectivity index (χ0v) is 71.7. The topological polar surface area (TPSA) is 237 Å². The largest absolute Gasteiger partial charge is 0.472 e. The fourth-order valence-electron chi connectivity index (χ4n) is 13.5. The number of esters is 4. The van der Waals surface area contributed by atoms with E-state index in [4.69, 9.17) is 37.0 Å². The third-order valence-corrected chi connectivity index (χ3v) is 22.6. The Labute approximate surface area is 651 Å². The number of unbranched alkanes of at least 4 members (excludes halogenated alkanes) is 52. The summed E-state index contributed by atoms with van der Waals surface area (Å²) in [6.07, 6.45) is 68.2. The lowest BCUT2D eigenvalue weighted by Gasteiger charge is -2.21. The molecule has 0 aromatic rings. The molecule has 19 heteroatoms. The fourth-order valence-corrected chi connectivity index (χ4v) is 15.1. The maximum Gasteiger partial charge on any atom is 0.472 e. The van der Waals surface area contributed by atoms with Crippen LogP contribution in [0.3, 0.4) is 0 Å². The first kappa shape index (κ1) is 104. The van der Waals surface area contributed by atoms with Crippen LogP contribution in [0.5, 0.6) is 0 Å². The van der Waals surface area contributed by atoms with Crippen LogP contribution in [0.1, 0.15) is 459 Å². The minimum Gasteiger partial charge on any atom is -0.462 e. The van der Waals surface area contributed by atoms with Crippen LogP contribution in [0.4, 0.5) is 0 Å². The summed E-state index contributed by atoms with van der Waals surface area (Å²) in [6, 6.07) is 0. The second kappa shape index (κ2) is 77.0. The number of carbonyl (C=O) groups excluding carboxylic acids is 4. The first-order valence-electron chi connectivity index (χ1n) is 44.9. The van der Waals surface area contributed by atoms with Crippen LogP contribution < -0.4 is 0 Å². The molecule has 0 aromatic heterocycles. The first-order chi connectivity index (χ1) is 51.3. The van der Waals surface area contributed by atoms with Gasteiger partial charge in [0.1, 0.15) is 19.3 Å². The van der Waals surface area contributed by atoms with Gasteiger partial charge >= 0.3 is 39.5 Å². The van der Waals surface area contributed by atoms with Crippen LogP contribution in [-0.2, 0) is 65.4 Å². The van der Waals surface area contributed by atoms with Gasteiger partial charge in [-0.1, -0.05) is 408 Å². The molecular weight excluding hydrogens is 1380 g/mol. The van der Waals surface area contributed by atoms with Crippen LogP contribution in [0.2, 0.25) is 0 Å². The number of rotatable bonds is 85. The van der Waals surface area contributed by atoms with Crippen molar-refractivity contribution in [2.45, 2.75) is 478 Å². The SMILES string of the molecule is CCCCCCCCCCCCCCCCCCCCCCC(=O)OC[C@H](COP(=O)(O)OC[C@@H](O)COP(=O)(O)OC[C@@H](COC(=O)CCCCCCCCCCC(C)C)OC(=O)CCCCCCCCCCCCC(C)C)OC(=O)CCCCCCCCCCCCCCCCCCCCC(C)CC. The number of hydrogen-bond donors (Lipinski definition) is 3. The Morgan fingerprint density at radius 2 is 0.481 bits per heavy atom. The van der Waals surface area contributed by atoms with Crippen LogP contribution in [-0.4, -0.2) is 96.7 Å². The number of aliphatic hydroxyl groups excluding tert-OH is 1. The van der Waals surface area contributed by atoms with E-state index in [2.05, 4.69) is 48.5 Å². The Morgan fingerprint density at radius 3 is 0.717 bits per heavy atom. The minimum atomic E-state index is -4.97. The van der Waals surface area contributed by atoms with Crippen LogP contribution in [0.25, 0.3) is 0 Å². The van der Waals surface area contributed by atoms with E-state index in [9.17, 15) is 43.2 Å². The van der Waals surface area contributed by atoms with Crippen LogP contribution >= 0.6 is 15.6 Å². The van der Waals surface area contributed by atoms with E-state index in [1.807, 2.05) is 0 Å². The van der Waals surface area contributed by atoms with E-state index < -0.39 is 97.5 Å². The molecule has 0 radical (unpaired) electrons. The lowest BCUT2D eigenvalue weighted by atomic mass is 9.99. The summed E-state index contributed by atoms with van der Waals surface area (Å²) in [5.74, 6) is 0.243. The zero-order valence-electron chi connectivity index (χ0n) is 69.9. The quantitative estimate of drug-likeness (QED) is 0.0222. The molecule has 0 saturated carbocycles. The number of hydrogen-bond acceptors (Lipinski definition) is 15. The first-order valence-corrected chi connectivity index (χ1v) is 47.9. The lowest BCUT2D eigenvalue weighted by Crippen LogP contribution is -2.30. The van der Waals surface area contributed by atoms with Gasteiger partial charge in [0.2, 0.25) is 0 Å². The average molecular weight is 1550 g/mol. The molecule has 0 rings (SSSR count). The predicted molar refractivity (Wildman–Crippen MR) is 437 cm³/mol. The van der Waals surface area contributed by atoms with Gasteiger partial charge < -0.3 is 33.8 Å². The molecule has 0 aliphatic heterocycles. The number of carbonyl (C=O) groups is 4. The molecule has 0 spiro atoms. The molecule has 3 unspecified atom stereocenters. The molecule has 17 nitrogen and oxygen atoms in total. The van der Waals surface area contributed by atoms with E-state index in [0.29, 0.717) is 25.7 Å². The maximum atomic E-state index is 13.2. The Hall–Kier alpha value is -1.94. The van der Waals surface area contributed by atoms with Gasteiger partial charge in [0, 0.05) is 25.7 Å². The van der Waals surface area contributed by atoms with Gasteiger partial charge in [-0.3, -0.25) is 37.3 Å². The number of phosphoric ester groups is 2. The molecular formula is C87H170O17P2. The number of ether oxygens (including phenoxy) is 4. The Bertz CT molecular complexity index is 2050. The van der Waals surface area contributed by atoms with Crippen molar-refractivity contribution in [1.82, 2.24) is 0 Å². The maximum absolute atomic E-state index is 13.2. The molecule has 0 aromatic carbocycles. The van der Waals surface area contributed by atoms with Crippen molar-refractivity contribution in [3.8, 4) is 0 Å². The van der Waals surface area contributed by atoms with Gasteiger partial charge in [-0.25, -0.2) is 9.13 Å². The van der Waals surface area contributed by atoms with Crippen molar-refractivity contribution in [1.29, 1.82) is 0 Å². The lowest BCUT2D eigenvalue weighted by molar-refractivity contribution is -0.161. The van der Waals surface area contributed by atoms with Crippen molar-refractivity contribution in [3.63, 3.8) is 0 Å². The third-order valence-electron chi connectivity index (χ3n) is 20.7. The van der Waals surface area contributed by atoms with Crippen molar-refractivity contribution < 1.29 is 80.2 Å². The van der Waals surface area contributed by atoms with Gasteiger partial charge in [0.25, 0.3) is 0 Å². The van der Waals surface area contributed by atoms with E-state index in [-0.39, 0.29) is 25.7 Å². The monoisotopic (exact) mass is 1550 g/mol. The molecule has 0 bridgehead atoms. The molecule has 0 aliphatic carbocycles. The fraction of sp³-hybridized carbons (Fsp3) is 0.954. The molecule has 3 N–H and O–H groups in total. The summed E-state index contributed by atoms with van der Waals surface area (Å²) in [4.78, 5) is 73.2. The number of phosphoric acid groups is 2. The molecule has 0 fully saturated rings. The molecule has 630 valence electrons.